The van der Waals surface area contributed by atoms with Crippen LogP contribution in [0.15, 0.2) is 41.5 Å². The third-order valence-electron chi connectivity index (χ3n) is 3.81. The van der Waals surface area contributed by atoms with Crippen molar-refractivity contribution in [2.45, 2.75) is 27.2 Å². The van der Waals surface area contributed by atoms with Gasteiger partial charge in [-0.15, -0.1) is 0 Å². The molecule has 0 amide bonds. The minimum absolute atomic E-state index is 0.203. The fourth-order valence-electron chi connectivity index (χ4n) is 2.50. The Morgan fingerprint density at radius 2 is 1.90 bits per heavy atom. The van der Waals surface area contributed by atoms with Crippen LogP contribution in [0.1, 0.15) is 32.8 Å². The van der Waals surface area contributed by atoms with Crippen molar-refractivity contribution in [1.82, 2.24) is 0 Å². The van der Waals surface area contributed by atoms with E-state index in [4.69, 9.17) is 4.74 Å². The van der Waals surface area contributed by atoms with E-state index in [0.717, 1.165) is 28.9 Å². The van der Waals surface area contributed by atoms with Crippen LogP contribution in [-0.4, -0.2) is 12.9 Å². The highest BCUT2D eigenvalue weighted by molar-refractivity contribution is 6.12. The Morgan fingerprint density at radius 1 is 1.25 bits per heavy atom. The van der Waals surface area contributed by atoms with Crippen molar-refractivity contribution >= 4 is 11.9 Å². The molecule has 2 rings (SSSR count). The van der Waals surface area contributed by atoms with E-state index in [1.807, 2.05) is 30.3 Å². The molecule has 1 aromatic rings. The lowest BCUT2D eigenvalue weighted by atomic mass is 9.80. The number of ketones is 1. The lowest BCUT2D eigenvalue weighted by Gasteiger charge is -2.23. The van der Waals surface area contributed by atoms with Gasteiger partial charge in [0.1, 0.15) is 5.75 Å². The van der Waals surface area contributed by atoms with Crippen molar-refractivity contribution in [1.29, 1.82) is 0 Å². The van der Waals surface area contributed by atoms with E-state index < -0.39 is 0 Å². The minimum Gasteiger partial charge on any atom is -0.497 e. The molecule has 2 heteroatoms. The molecule has 0 spiro atoms. The molecule has 20 heavy (non-hydrogen) atoms. The highest BCUT2D eigenvalue weighted by atomic mass is 16.5. The highest BCUT2D eigenvalue weighted by Crippen LogP contribution is 2.31. The molecule has 0 bridgehead atoms. The van der Waals surface area contributed by atoms with Crippen LogP contribution in [0.4, 0.5) is 0 Å². The number of ether oxygens (including phenoxy) is 1. The second-order valence-electron chi connectivity index (χ2n) is 5.65. The largest absolute Gasteiger partial charge is 0.497 e. The average molecular weight is 270 g/mol. The number of hydrogen-bond acceptors (Lipinski definition) is 2. The number of methoxy groups -OCH3 is 1. The maximum Gasteiger partial charge on any atom is 0.185 e. The molecule has 0 heterocycles. The van der Waals surface area contributed by atoms with Gasteiger partial charge in [0.15, 0.2) is 5.78 Å². The number of carbonyl (C=O) groups is 1. The van der Waals surface area contributed by atoms with Crippen molar-refractivity contribution < 1.29 is 9.53 Å². The molecule has 2 nitrogen and oxygen atoms in total. The van der Waals surface area contributed by atoms with Crippen LogP contribution >= 0.6 is 0 Å². The second kappa shape index (κ2) is 6.08. The molecule has 0 saturated heterocycles. The Hall–Kier alpha value is -1.83. The van der Waals surface area contributed by atoms with Gasteiger partial charge in [-0.1, -0.05) is 39.0 Å². The van der Waals surface area contributed by atoms with Crippen LogP contribution in [0.5, 0.6) is 5.75 Å². The Balaban J connectivity index is 2.32. The lowest BCUT2D eigenvalue weighted by molar-refractivity contribution is -0.113. The van der Waals surface area contributed by atoms with Gasteiger partial charge < -0.3 is 4.74 Å². The number of hydrogen-bond donors (Lipinski definition) is 0. The lowest BCUT2D eigenvalue weighted by Crippen LogP contribution is -2.20. The van der Waals surface area contributed by atoms with Crippen molar-refractivity contribution in [2.75, 3.05) is 7.11 Å². The zero-order chi connectivity index (χ0) is 14.7. The van der Waals surface area contributed by atoms with Crippen LogP contribution in [0, 0.1) is 11.8 Å². The molecule has 1 aliphatic rings. The van der Waals surface area contributed by atoms with E-state index >= 15 is 0 Å². The Morgan fingerprint density at radius 3 is 2.45 bits per heavy atom. The molecule has 0 aliphatic heterocycles. The first-order valence-electron chi connectivity index (χ1n) is 7.13. The summed E-state index contributed by atoms with van der Waals surface area (Å²) in [5, 5.41) is 0. The third-order valence-corrected chi connectivity index (χ3v) is 3.81. The molecule has 1 atom stereocenters. The first kappa shape index (κ1) is 14.6. The van der Waals surface area contributed by atoms with Crippen molar-refractivity contribution in [3.8, 4) is 5.75 Å². The first-order valence-corrected chi connectivity index (χ1v) is 7.13. The van der Waals surface area contributed by atoms with E-state index in [1.165, 1.54) is 0 Å². The number of allylic oxidation sites excluding steroid dienone is 3. The predicted molar refractivity (Wildman–Crippen MR) is 82.7 cm³/mol. The minimum atomic E-state index is 0.203. The third kappa shape index (κ3) is 3.01. The van der Waals surface area contributed by atoms with Crippen molar-refractivity contribution in [3.63, 3.8) is 0 Å². The summed E-state index contributed by atoms with van der Waals surface area (Å²) in [6.45, 7) is 6.26. The van der Waals surface area contributed by atoms with E-state index in [2.05, 4.69) is 26.8 Å². The van der Waals surface area contributed by atoms with Gasteiger partial charge in [-0.2, -0.15) is 0 Å². The van der Waals surface area contributed by atoms with Gasteiger partial charge in [0.2, 0.25) is 0 Å². The van der Waals surface area contributed by atoms with Gasteiger partial charge in [-0.3, -0.25) is 4.79 Å². The summed E-state index contributed by atoms with van der Waals surface area (Å²) < 4.78 is 5.15. The number of rotatable bonds is 3. The quantitative estimate of drug-likeness (QED) is 0.767. The average Bonchev–Trinajstić information content (AvgIpc) is 2.43. The molecule has 1 aromatic carbocycles. The van der Waals surface area contributed by atoms with E-state index in [0.29, 0.717) is 0 Å². The Kier molecular flexibility index (Phi) is 4.43. The summed E-state index contributed by atoms with van der Waals surface area (Å²) in [7, 11) is 1.65. The molecular weight excluding hydrogens is 248 g/mol. The first-order chi connectivity index (χ1) is 9.52. The van der Waals surface area contributed by atoms with Gasteiger partial charge in [-0.05, 0) is 47.6 Å². The normalized spacial score (nSPS) is 21.2. The standard InChI is InChI=1S/C18H22O2/c1-12(2)16-10-5-13(3)17(18(16)19)11-14-6-8-15(20-4)9-7-14/h6-13H,5H2,1-4H3/b17-11+/t13-/m1/s1. The predicted octanol–water partition coefficient (Wildman–Crippen LogP) is 4.27. The monoisotopic (exact) mass is 270 g/mol. The van der Waals surface area contributed by atoms with Crippen LogP contribution in [0.25, 0.3) is 6.08 Å². The van der Waals surface area contributed by atoms with Gasteiger partial charge in [0, 0.05) is 5.57 Å². The summed E-state index contributed by atoms with van der Waals surface area (Å²) >= 11 is 0. The molecule has 0 saturated carbocycles. The topological polar surface area (TPSA) is 26.3 Å². The molecular formula is C18H22O2. The second-order valence-corrected chi connectivity index (χ2v) is 5.65. The van der Waals surface area contributed by atoms with Crippen LogP contribution < -0.4 is 4.74 Å². The molecule has 0 aromatic heterocycles. The number of Topliss-reactive ketones (excluding diaryl/α,β-unsaturated/α-hetero) is 1. The van der Waals surface area contributed by atoms with Gasteiger partial charge in [0.25, 0.3) is 0 Å². The number of carbonyl (C=O) groups excluding carboxylic acids is 1. The maximum absolute atomic E-state index is 12.5. The summed E-state index contributed by atoms with van der Waals surface area (Å²) in [4.78, 5) is 12.5. The SMILES string of the molecule is COc1ccc(/C=C2/C(=O)C(C(C)C)=CC[C@H]2C)cc1. The Labute approximate surface area is 121 Å². The highest BCUT2D eigenvalue weighted by Gasteiger charge is 2.26. The smallest absolute Gasteiger partial charge is 0.185 e. The fourth-order valence-corrected chi connectivity index (χ4v) is 2.50. The summed E-state index contributed by atoms with van der Waals surface area (Å²) in [5.41, 5.74) is 2.91. The maximum atomic E-state index is 12.5. The van der Waals surface area contributed by atoms with E-state index in [-0.39, 0.29) is 17.6 Å². The molecule has 0 radical (unpaired) electrons. The molecule has 0 fully saturated rings. The van der Waals surface area contributed by atoms with Crippen molar-refractivity contribution in [3.05, 3.63) is 47.1 Å². The zero-order valence-corrected chi connectivity index (χ0v) is 12.6. The van der Waals surface area contributed by atoms with Crippen LogP contribution in [0.2, 0.25) is 0 Å². The van der Waals surface area contributed by atoms with Crippen LogP contribution in [0.3, 0.4) is 0 Å². The summed E-state index contributed by atoms with van der Waals surface area (Å²) in [6, 6.07) is 7.81. The Bertz CT molecular complexity index is 547. The van der Waals surface area contributed by atoms with Crippen molar-refractivity contribution in [2.24, 2.45) is 11.8 Å². The fraction of sp³-hybridized carbons (Fsp3) is 0.389. The number of benzene rings is 1. The van der Waals surface area contributed by atoms with Crippen LogP contribution in [-0.2, 0) is 4.79 Å². The zero-order valence-electron chi connectivity index (χ0n) is 12.6. The molecule has 1 aliphatic carbocycles. The molecule has 0 N–H and O–H groups in total. The summed E-state index contributed by atoms with van der Waals surface area (Å²) in [6.07, 6.45) is 5.06. The van der Waals surface area contributed by atoms with Gasteiger partial charge >= 0.3 is 0 Å². The van der Waals surface area contributed by atoms with E-state index in [9.17, 15) is 4.79 Å². The van der Waals surface area contributed by atoms with Gasteiger partial charge in [0.05, 0.1) is 7.11 Å². The molecule has 106 valence electrons. The van der Waals surface area contributed by atoms with Gasteiger partial charge in [-0.25, -0.2) is 0 Å². The molecule has 0 unspecified atom stereocenters. The summed E-state index contributed by atoms with van der Waals surface area (Å²) in [5.74, 6) is 1.61. The van der Waals surface area contributed by atoms with E-state index in [1.54, 1.807) is 7.11 Å².